The van der Waals surface area contributed by atoms with Crippen molar-refractivity contribution in [1.82, 2.24) is 41.1 Å². The predicted molar refractivity (Wildman–Crippen MR) is 98.5 cm³/mol. The molecular weight excluding hydrogens is 338 g/mol. The van der Waals surface area contributed by atoms with Gasteiger partial charge in [0.25, 0.3) is 0 Å². The third-order valence-electron chi connectivity index (χ3n) is 3.85. The zero-order chi connectivity index (χ0) is 17.1. The molecule has 1 atom stereocenters. The van der Waals surface area contributed by atoms with Gasteiger partial charge in [0.1, 0.15) is 5.82 Å². The molecule has 25 heavy (non-hydrogen) atoms. The van der Waals surface area contributed by atoms with E-state index in [1.54, 1.807) is 23.3 Å². The molecule has 1 saturated heterocycles. The quantitative estimate of drug-likeness (QED) is 0.470. The van der Waals surface area contributed by atoms with Gasteiger partial charge in [-0.2, -0.15) is 10.6 Å². The number of pyridine rings is 1. The van der Waals surface area contributed by atoms with E-state index in [4.69, 9.17) is 4.98 Å². The van der Waals surface area contributed by atoms with Crippen LogP contribution in [0.2, 0.25) is 0 Å². The van der Waals surface area contributed by atoms with E-state index in [2.05, 4.69) is 36.8 Å². The smallest absolute Gasteiger partial charge is 0.164 e. The van der Waals surface area contributed by atoms with Crippen molar-refractivity contribution in [3.05, 3.63) is 30.7 Å². The summed E-state index contributed by atoms with van der Waals surface area (Å²) in [5, 5.41) is 9.04. The number of hydrazine groups is 2. The van der Waals surface area contributed by atoms with Crippen LogP contribution in [0.1, 0.15) is 0 Å². The number of hydrogen-bond donors (Lipinski definition) is 4. The van der Waals surface area contributed by atoms with Crippen LogP contribution in [0.25, 0.3) is 22.4 Å². The van der Waals surface area contributed by atoms with Gasteiger partial charge < -0.3 is 5.32 Å². The average Bonchev–Trinajstić information content (AvgIpc) is 3.30. The minimum atomic E-state index is 0.373. The van der Waals surface area contributed by atoms with E-state index in [-0.39, 0.29) is 0 Å². The van der Waals surface area contributed by atoms with Gasteiger partial charge in [-0.05, 0) is 12.1 Å². The van der Waals surface area contributed by atoms with E-state index in [1.165, 1.54) is 0 Å². The van der Waals surface area contributed by atoms with Crippen molar-refractivity contribution < 1.29 is 0 Å². The Morgan fingerprint density at radius 1 is 1.32 bits per heavy atom. The van der Waals surface area contributed by atoms with Gasteiger partial charge in [-0.1, -0.05) is 0 Å². The summed E-state index contributed by atoms with van der Waals surface area (Å²) in [6.07, 6.45) is 5.28. The Bertz CT molecular complexity index is 845. The van der Waals surface area contributed by atoms with Crippen molar-refractivity contribution >= 4 is 28.6 Å². The van der Waals surface area contributed by atoms with Crippen molar-refractivity contribution in [3.63, 3.8) is 0 Å². The Morgan fingerprint density at radius 2 is 2.20 bits per heavy atom. The third-order valence-corrected chi connectivity index (χ3v) is 4.98. The molecule has 0 aliphatic carbocycles. The first-order valence-corrected chi connectivity index (χ1v) is 9.05. The van der Waals surface area contributed by atoms with Gasteiger partial charge in [0.15, 0.2) is 11.5 Å². The molecule has 3 aromatic rings. The van der Waals surface area contributed by atoms with Crippen molar-refractivity contribution in [2.24, 2.45) is 7.05 Å². The Labute approximate surface area is 149 Å². The van der Waals surface area contributed by atoms with E-state index in [0.29, 0.717) is 11.2 Å². The van der Waals surface area contributed by atoms with Crippen LogP contribution in [0.5, 0.6) is 0 Å². The third kappa shape index (κ3) is 3.56. The molecule has 0 spiro atoms. The molecule has 10 heteroatoms. The zero-order valence-electron chi connectivity index (χ0n) is 13.7. The molecule has 4 rings (SSSR count). The maximum atomic E-state index is 4.70. The van der Waals surface area contributed by atoms with Crippen molar-refractivity contribution in [3.8, 4) is 11.4 Å². The summed E-state index contributed by atoms with van der Waals surface area (Å²) in [4.78, 5) is 13.4. The molecule has 4 N–H and O–H groups in total. The number of nitrogens with zero attached hydrogens (tertiary/aromatic N) is 5. The zero-order valence-corrected chi connectivity index (χ0v) is 14.5. The van der Waals surface area contributed by atoms with E-state index < -0.39 is 0 Å². The maximum absolute atomic E-state index is 4.70. The minimum absolute atomic E-state index is 0.373. The Hall–Kier alpha value is -2.27. The highest BCUT2D eigenvalue weighted by atomic mass is 32.2. The van der Waals surface area contributed by atoms with E-state index in [1.807, 2.05) is 30.9 Å². The van der Waals surface area contributed by atoms with Crippen LogP contribution in [0.4, 0.5) is 5.82 Å². The molecule has 1 fully saturated rings. The van der Waals surface area contributed by atoms with Gasteiger partial charge >= 0.3 is 0 Å². The summed E-state index contributed by atoms with van der Waals surface area (Å²) in [5.74, 6) is 2.43. The van der Waals surface area contributed by atoms with Crippen molar-refractivity contribution in [1.29, 1.82) is 0 Å². The fraction of sp³-hybridized carbons (Fsp3) is 0.333. The second kappa shape index (κ2) is 7.31. The number of aryl methyl sites for hydroxylation is 1. The average molecular weight is 357 g/mol. The Balaban J connectivity index is 1.54. The molecule has 0 saturated carbocycles. The van der Waals surface area contributed by atoms with Crippen molar-refractivity contribution in [2.45, 2.75) is 5.37 Å². The summed E-state index contributed by atoms with van der Waals surface area (Å²) in [7, 11) is 1.89. The monoisotopic (exact) mass is 357 g/mol. The molecule has 1 aliphatic rings. The largest absolute Gasteiger partial charge is 0.369 e. The van der Waals surface area contributed by atoms with Gasteiger partial charge in [-0.25, -0.2) is 20.8 Å². The Morgan fingerprint density at radius 3 is 3.00 bits per heavy atom. The number of nitrogens with one attached hydrogen (secondary N) is 4. The predicted octanol–water partition coefficient (Wildman–Crippen LogP) is 0.509. The standard InChI is InChI=1S/C15H19N9S/c1-24-15-11(8-19-24)14(17-6-7-25-12-9-18-23-22-12)20-13(21-15)10-2-4-16-5-3-10/h2-5,8,12,18,22-23H,6-7,9H2,1H3,(H,17,20,21). The first-order valence-electron chi connectivity index (χ1n) is 8.00. The normalized spacial score (nSPS) is 17.2. The minimum Gasteiger partial charge on any atom is -0.369 e. The number of fused-ring (bicyclic) bond motifs is 1. The lowest BCUT2D eigenvalue weighted by Gasteiger charge is -2.11. The first-order chi connectivity index (χ1) is 12.3. The molecule has 4 heterocycles. The first kappa shape index (κ1) is 16.2. The summed E-state index contributed by atoms with van der Waals surface area (Å²) >= 11 is 1.84. The summed E-state index contributed by atoms with van der Waals surface area (Å²) in [6.45, 7) is 1.71. The van der Waals surface area contributed by atoms with Crippen molar-refractivity contribution in [2.75, 3.05) is 24.2 Å². The molecule has 0 radical (unpaired) electrons. The SMILES string of the molecule is Cn1ncc2c(NCCSC3CNNN3)nc(-c3ccncc3)nc21. The molecule has 0 amide bonds. The highest BCUT2D eigenvalue weighted by molar-refractivity contribution is 7.99. The number of thioether (sulfide) groups is 1. The van der Waals surface area contributed by atoms with Crippen LogP contribution in [0, 0.1) is 0 Å². The highest BCUT2D eigenvalue weighted by Gasteiger charge is 2.14. The van der Waals surface area contributed by atoms with Gasteiger partial charge in [0.05, 0.1) is 17.0 Å². The van der Waals surface area contributed by atoms with Gasteiger partial charge in [-0.3, -0.25) is 9.67 Å². The number of aromatic nitrogens is 5. The Kier molecular flexibility index (Phi) is 4.74. The second-order valence-corrected chi connectivity index (χ2v) is 6.88. The lowest BCUT2D eigenvalue weighted by molar-refractivity contribution is 0.587. The molecule has 9 nitrogen and oxygen atoms in total. The van der Waals surface area contributed by atoms with Crippen LogP contribution in [0.3, 0.4) is 0 Å². The van der Waals surface area contributed by atoms with Crippen LogP contribution in [-0.4, -0.2) is 48.9 Å². The molecule has 0 bridgehead atoms. The lowest BCUT2D eigenvalue weighted by atomic mass is 10.2. The van der Waals surface area contributed by atoms with Crippen LogP contribution >= 0.6 is 11.8 Å². The van der Waals surface area contributed by atoms with Gasteiger partial charge in [-0.15, -0.1) is 11.8 Å². The van der Waals surface area contributed by atoms with E-state index >= 15 is 0 Å². The number of anilines is 1. The molecule has 1 unspecified atom stereocenters. The van der Waals surface area contributed by atoms with Crippen LogP contribution in [0.15, 0.2) is 30.7 Å². The second-order valence-electron chi connectivity index (χ2n) is 5.57. The maximum Gasteiger partial charge on any atom is 0.164 e. The molecular formula is C15H19N9S. The fourth-order valence-corrected chi connectivity index (χ4v) is 3.43. The topological polar surface area (TPSA) is 105 Å². The summed E-state index contributed by atoms with van der Waals surface area (Å²) < 4.78 is 1.77. The van der Waals surface area contributed by atoms with Crippen LogP contribution in [-0.2, 0) is 7.05 Å². The summed E-state index contributed by atoms with van der Waals surface area (Å²) in [5.41, 5.74) is 10.8. The molecule has 3 aromatic heterocycles. The summed E-state index contributed by atoms with van der Waals surface area (Å²) in [6, 6.07) is 3.81. The molecule has 130 valence electrons. The van der Waals surface area contributed by atoms with E-state index in [0.717, 1.165) is 41.3 Å². The van der Waals surface area contributed by atoms with Crippen LogP contribution < -0.4 is 21.7 Å². The fourth-order valence-electron chi connectivity index (χ4n) is 2.58. The van der Waals surface area contributed by atoms with E-state index in [9.17, 15) is 0 Å². The number of hydrogen-bond acceptors (Lipinski definition) is 9. The number of rotatable bonds is 6. The highest BCUT2D eigenvalue weighted by Crippen LogP contribution is 2.24. The molecule has 0 aromatic carbocycles. The lowest BCUT2D eigenvalue weighted by Crippen LogP contribution is -2.32. The van der Waals surface area contributed by atoms with Gasteiger partial charge in [0.2, 0.25) is 0 Å². The molecule has 1 aliphatic heterocycles. The van der Waals surface area contributed by atoms with Gasteiger partial charge in [0, 0.05) is 43.8 Å².